The van der Waals surface area contributed by atoms with Crippen LogP contribution in [0.2, 0.25) is 0 Å². The maximum Gasteiger partial charge on any atom is 0.165 e. The number of benzene rings is 1. The molecule has 1 aromatic carbocycles. The SMILES string of the molecule is Fc1ccccc1O[C@H]1C[C@@H]2CC1=CN2. The van der Waals surface area contributed by atoms with Gasteiger partial charge in [-0.05, 0) is 30.3 Å². The van der Waals surface area contributed by atoms with E-state index in [1.165, 1.54) is 11.6 Å². The quantitative estimate of drug-likeness (QED) is 0.799. The van der Waals surface area contributed by atoms with Crippen LogP contribution in [0.25, 0.3) is 0 Å². The third-order valence-corrected chi connectivity index (χ3v) is 3.00. The smallest absolute Gasteiger partial charge is 0.165 e. The highest BCUT2D eigenvalue weighted by atomic mass is 19.1. The van der Waals surface area contributed by atoms with Gasteiger partial charge in [-0.2, -0.15) is 0 Å². The second kappa shape index (κ2) is 3.26. The molecule has 1 heterocycles. The van der Waals surface area contributed by atoms with Crippen molar-refractivity contribution in [1.29, 1.82) is 0 Å². The van der Waals surface area contributed by atoms with Crippen molar-refractivity contribution in [2.45, 2.75) is 25.0 Å². The van der Waals surface area contributed by atoms with Crippen molar-refractivity contribution < 1.29 is 9.13 Å². The number of fused-ring (bicyclic) bond motifs is 2. The topological polar surface area (TPSA) is 21.3 Å². The zero-order valence-corrected chi connectivity index (χ0v) is 8.24. The zero-order valence-electron chi connectivity index (χ0n) is 8.24. The summed E-state index contributed by atoms with van der Waals surface area (Å²) in [5.41, 5.74) is 1.25. The first-order chi connectivity index (χ1) is 7.33. The van der Waals surface area contributed by atoms with Crippen LogP contribution in [-0.2, 0) is 0 Å². The van der Waals surface area contributed by atoms with Crippen LogP contribution in [0.4, 0.5) is 4.39 Å². The number of ether oxygens (including phenoxy) is 1. The van der Waals surface area contributed by atoms with Gasteiger partial charge in [0.05, 0.1) is 0 Å². The minimum absolute atomic E-state index is 0.0631. The standard InChI is InChI=1S/C12H12FNO/c13-10-3-1-2-4-11(10)15-12-6-9-5-8(12)7-14-9/h1-4,7,9,12,14H,5-6H2/t9-,12-/m0/s1. The normalized spacial score (nSPS) is 27.4. The van der Waals surface area contributed by atoms with E-state index in [4.69, 9.17) is 4.74 Å². The number of para-hydroxylation sites is 1. The molecule has 0 aromatic heterocycles. The second-order valence-electron chi connectivity index (χ2n) is 4.06. The molecule has 1 fully saturated rings. The van der Waals surface area contributed by atoms with Gasteiger partial charge in [-0.1, -0.05) is 12.1 Å². The Hall–Kier alpha value is -1.51. The molecule has 2 nitrogen and oxygen atoms in total. The summed E-state index contributed by atoms with van der Waals surface area (Å²) in [6.07, 6.45) is 4.05. The van der Waals surface area contributed by atoms with Crippen molar-refractivity contribution in [2.75, 3.05) is 0 Å². The fraction of sp³-hybridized carbons (Fsp3) is 0.333. The van der Waals surface area contributed by atoms with Crippen molar-refractivity contribution in [2.24, 2.45) is 0 Å². The highest BCUT2D eigenvalue weighted by Crippen LogP contribution is 2.33. The van der Waals surface area contributed by atoms with Crippen molar-refractivity contribution in [1.82, 2.24) is 5.32 Å². The highest BCUT2D eigenvalue weighted by molar-refractivity contribution is 5.29. The monoisotopic (exact) mass is 205 g/mol. The number of hydrogen-bond donors (Lipinski definition) is 1. The Bertz CT molecular complexity index is 416. The maximum atomic E-state index is 13.3. The third-order valence-electron chi connectivity index (χ3n) is 3.00. The first-order valence-corrected chi connectivity index (χ1v) is 5.19. The molecule has 1 aliphatic carbocycles. The number of halogens is 1. The highest BCUT2D eigenvalue weighted by Gasteiger charge is 2.34. The van der Waals surface area contributed by atoms with E-state index in [0.717, 1.165) is 12.8 Å². The summed E-state index contributed by atoms with van der Waals surface area (Å²) in [5, 5.41) is 3.25. The lowest BCUT2D eigenvalue weighted by molar-refractivity contribution is 0.222. The lowest BCUT2D eigenvalue weighted by Crippen LogP contribution is -2.26. The van der Waals surface area contributed by atoms with Crippen LogP contribution in [0.5, 0.6) is 5.75 Å². The Morgan fingerprint density at radius 3 is 2.87 bits per heavy atom. The van der Waals surface area contributed by atoms with Gasteiger partial charge in [0.2, 0.25) is 0 Å². The molecule has 3 rings (SSSR count). The molecule has 0 saturated heterocycles. The lowest BCUT2D eigenvalue weighted by atomic mass is 10.2. The molecular formula is C12H12FNO. The molecule has 2 atom stereocenters. The van der Waals surface area contributed by atoms with E-state index in [1.807, 2.05) is 6.20 Å². The van der Waals surface area contributed by atoms with Gasteiger partial charge < -0.3 is 10.1 Å². The van der Waals surface area contributed by atoms with E-state index in [1.54, 1.807) is 18.2 Å². The minimum Gasteiger partial charge on any atom is -0.483 e. The first-order valence-electron chi connectivity index (χ1n) is 5.19. The molecular weight excluding hydrogens is 193 g/mol. The summed E-state index contributed by atoms with van der Waals surface area (Å²) in [7, 11) is 0. The van der Waals surface area contributed by atoms with Crippen LogP contribution in [0.1, 0.15) is 12.8 Å². The van der Waals surface area contributed by atoms with Crippen LogP contribution in [0.15, 0.2) is 36.0 Å². The first kappa shape index (κ1) is 8.77. The van der Waals surface area contributed by atoms with Gasteiger partial charge >= 0.3 is 0 Å². The summed E-state index contributed by atoms with van der Waals surface area (Å²) in [5.74, 6) is 0.0739. The van der Waals surface area contributed by atoms with Crippen LogP contribution in [-0.4, -0.2) is 12.1 Å². The summed E-state index contributed by atoms with van der Waals surface area (Å²) in [4.78, 5) is 0. The van der Waals surface area contributed by atoms with E-state index in [9.17, 15) is 4.39 Å². The average molecular weight is 205 g/mol. The van der Waals surface area contributed by atoms with Crippen molar-refractivity contribution >= 4 is 0 Å². The van der Waals surface area contributed by atoms with Gasteiger partial charge in [0.25, 0.3) is 0 Å². The summed E-state index contributed by atoms with van der Waals surface area (Å²) in [6, 6.07) is 7.06. The molecule has 1 aromatic rings. The Morgan fingerprint density at radius 1 is 1.33 bits per heavy atom. The minimum atomic E-state index is -0.283. The Labute approximate surface area is 87.7 Å². The molecule has 1 N–H and O–H groups in total. The molecule has 0 unspecified atom stereocenters. The van der Waals surface area contributed by atoms with Gasteiger partial charge in [-0.3, -0.25) is 0 Å². The van der Waals surface area contributed by atoms with Gasteiger partial charge in [0.1, 0.15) is 6.10 Å². The van der Waals surface area contributed by atoms with E-state index >= 15 is 0 Å². The fourth-order valence-electron chi connectivity index (χ4n) is 2.23. The van der Waals surface area contributed by atoms with E-state index in [2.05, 4.69) is 5.32 Å². The van der Waals surface area contributed by atoms with Gasteiger partial charge in [-0.25, -0.2) is 4.39 Å². The average Bonchev–Trinajstić information content (AvgIpc) is 2.83. The van der Waals surface area contributed by atoms with Crippen molar-refractivity contribution in [3.63, 3.8) is 0 Å². The molecule has 2 bridgehead atoms. The second-order valence-corrected chi connectivity index (χ2v) is 4.06. The van der Waals surface area contributed by atoms with Crippen LogP contribution >= 0.6 is 0 Å². The number of hydrogen-bond acceptors (Lipinski definition) is 2. The Kier molecular flexibility index (Phi) is 1.91. The van der Waals surface area contributed by atoms with Crippen LogP contribution < -0.4 is 10.1 Å². The van der Waals surface area contributed by atoms with Crippen LogP contribution in [0, 0.1) is 5.82 Å². The molecule has 0 amide bonds. The summed E-state index contributed by atoms with van der Waals surface area (Å²) in [6.45, 7) is 0. The largest absolute Gasteiger partial charge is 0.483 e. The number of rotatable bonds is 2. The van der Waals surface area contributed by atoms with E-state index in [-0.39, 0.29) is 11.9 Å². The Morgan fingerprint density at radius 2 is 2.20 bits per heavy atom. The molecule has 78 valence electrons. The number of nitrogens with one attached hydrogen (secondary N) is 1. The van der Waals surface area contributed by atoms with Gasteiger partial charge in [0.15, 0.2) is 11.6 Å². The lowest BCUT2D eigenvalue weighted by Gasteiger charge is -2.18. The zero-order chi connectivity index (χ0) is 10.3. The maximum absolute atomic E-state index is 13.3. The van der Waals surface area contributed by atoms with E-state index < -0.39 is 0 Å². The molecule has 1 aliphatic heterocycles. The summed E-state index contributed by atoms with van der Waals surface area (Å²) < 4.78 is 19.0. The predicted molar refractivity (Wildman–Crippen MR) is 55.1 cm³/mol. The van der Waals surface area contributed by atoms with Crippen molar-refractivity contribution in [3.05, 3.63) is 41.9 Å². The third kappa shape index (κ3) is 1.48. The van der Waals surface area contributed by atoms with E-state index in [0.29, 0.717) is 11.8 Å². The van der Waals surface area contributed by atoms with Crippen molar-refractivity contribution in [3.8, 4) is 5.75 Å². The predicted octanol–water partition coefficient (Wildman–Crippen LogP) is 2.22. The molecule has 0 spiro atoms. The van der Waals surface area contributed by atoms with Gasteiger partial charge in [0, 0.05) is 12.5 Å². The van der Waals surface area contributed by atoms with Crippen LogP contribution in [0.3, 0.4) is 0 Å². The Balaban J connectivity index is 1.79. The molecule has 3 heteroatoms. The molecule has 15 heavy (non-hydrogen) atoms. The molecule has 2 aliphatic rings. The molecule has 1 saturated carbocycles. The van der Waals surface area contributed by atoms with Gasteiger partial charge in [-0.15, -0.1) is 0 Å². The summed E-state index contributed by atoms with van der Waals surface area (Å²) >= 11 is 0. The fourth-order valence-corrected chi connectivity index (χ4v) is 2.23. The molecule has 0 radical (unpaired) electrons.